The summed E-state index contributed by atoms with van der Waals surface area (Å²) in [5.41, 5.74) is 1.09. The van der Waals surface area contributed by atoms with Gasteiger partial charge in [-0.3, -0.25) is 0 Å². The molecule has 0 aliphatic heterocycles. The molecule has 0 aliphatic rings. The molecule has 3 rings (SSSR count). The fraction of sp³-hybridized carbons (Fsp3) is 0.143. The summed E-state index contributed by atoms with van der Waals surface area (Å²) in [6, 6.07) is 13.9. The first-order chi connectivity index (χ1) is 13.1. The van der Waals surface area contributed by atoms with Gasteiger partial charge in [0.15, 0.2) is 6.61 Å². The van der Waals surface area contributed by atoms with E-state index in [0.717, 1.165) is 10.9 Å². The molecule has 0 spiro atoms. The van der Waals surface area contributed by atoms with Crippen molar-refractivity contribution in [2.24, 2.45) is 0 Å². The number of benzene rings is 2. The highest BCUT2D eigenvalue weighted by atomic mass is 16.6. The lowest BCUT2D eigenvalue weighted by Crippen LogP contribution is -2.14. The molecule has 0 bridgehead atoms. The Labute approximate surface area is 155 Å². The third-order valence-corrected chi connectivity index (χ3v) is 3.83. The van der Waals surface area contributed by atoms with Crippen LogP contribution in [-0.2, 0) is 9.53 Å². The normalized spacial score (nSPS) is 10.4. The first kappa shape index (κ1) is 18.3. The minimum absolute atomic E-state index is 0.128. The highest BCUT2D eigenvalue weighted by Gasteiger charge is 2.10. The monoisotopic (exact) mass is 366 g/mol. The molecule has 0 N–H and O–H groups in total. The van der Waals surface area contributed by atoms with Gasteiger partial charge < -0.3 is 18.6 Å². The number of hydrogen-bond acceptors (Lipinski definition) is 6. The fourth-order valence-corrected chi connectivity index (χ4v) is 2.49. The van der Waals surface area contributed by atoms with Crippen LogP contribution in [-0.4, -0.2) is 26.3 Å². The van der Waals surface area contributed by atoms with E-state index in [2.05, 4.69) is 6.58 Å². The summed E-state index contributed by atoms with van der Waals surface area (Å²) in [5.74, 6) is 0.599. The van der Waals surface area contributed by atoms with Crippen molar-refractivity contribution < 1.29 is 23.4 Å². The van der Waals surface area contributed by atoms with Crippen molar-refractivity contribution in [3.8, 4) is 22.6 Å². The van der Waals surface area contributed by atoms with E-state index >= 15 is 0 Å². The summed E-state index contributed by atoms with van der Waals surface area (Å²) in [7, 11) is 1.58. The maximum atomic E-state index is 12.4. The van der Waals surface area contributed by atoms with E-state index in [4.69, 9.17) is 18.6 Å². The number of carbonyl (C=O) groups excluding carboxylic acids is 1. The van der Waals surface area contributed by atoms with E-state index < -0.39 is 11.6 Å². The van der Waals surface area contributed by atoms with Crippen molar-refractivity contribution in [3.05, 3.63) is 71.6 Å². The van der Waals surface area contributed by atoms with Crippen LogP contribution in [0.5, 0.6) is 11.5 Å². The van der Waals surface area contributed by atoms with E-state index in [1.807, 2.05) is 0 Å². The molecule has 0 radical (unpaired) electrons. The standard InChI is InChI=1S/C21H18O6/c1-3-10-25-20(22)13-26-17-9-6-15-11-18(21(23)27-19(15)12-17)14-4-7-16(24-2)8-5-14/h3-9,11-12H,1,10,13H2,2H3. The van der Waals surface area contributed by atoms with Gasteiger partial charge in [0.1, 0.15) is 23.7 Å². The van der Waals surface area contributed by atoms with E-state index in [0.29, 0.717) is 22.6 Å². The number of hydrogen-bond donors (Lipinski definition) is 0. The molecule has 0 aliphatic carbocycles. The van der Waals surface area contributed by atoms with Crippen molar-refractivity contribution in [3.63, 3.8) is 0 Å². The molecule has 2 aromatic carbocycles. The second-order valence-corrected chi connectivity index (χ2v) is 5.64. The molecule has 1 aromatic heterocycles. The minimum Gasteiger partial charge on any atom is -0.497 e. The molecule has 3 aromatic rings. The predicted molar refractivity (Wildman–Crippen MR) is 101 cm³/mol. The highest BCUT2D eigenvalue weighted by Crippen LogP contribution is 2.25. The summed E-state index contributed by atoms with van der Waals surface area (Å²) in [6.45, 7) is 3.35. The summed E-state index contributed by atoms with van der Waals surface area (Å²) >= 11 is 0. The van der Waals surface area contributed by atoms with Gasteiger partial charge in [0.25, 0.3) is 0 Å². The summed E-state index contributed by atoms with van der Waals surface area (Å²) in [6.07, 6.45) is 1.48. The SMILES string of the molecule is C=CCOC(=O)COc1ccc2cc(-c3ccc(OC)cc3)c(=O)oc2c1. The second kappa shape index (κ2) is 8.23. The number of ether oxygens (including phenoxy) is 3. The molecule has 138 valence electrons. The van der Waals surface area contributed by atoms with Crippen molar-refractivity contribution >= 4 is 16.9 Å². The number of fused-ring (bicyclic) bond motifs is 1. The third-order valence-electron chi connectivity index (χ3n) is 3.83. The van der Waals surface area contributed by atoms with Gasteiger partial charge in [-0.05, 0) is 35.9 Å². The Morgan fingerprint density at radius 3 is 2.56 bits per heavy atom. The zero-order valence-corrected chi connectivity index (χ0v) is 14.8. The molecule has 6 heteroatoms. The summed E-state index contributed by atoms with van der Waals surface area (Å²) in [5, 5.41) is 0.738. The molecule has 0 saturated heterocycles. The number of rotatable bonds is 7. The van der Waals surface area contributed by atoms with Crippen LogP contribution in [0.1, 0.15) is 0 Å². The first-order valence-corrected chi connectivity index (χ1v) is 8.22. The fourth-order valence-electron chi connectivity index (χ4n) is 2.49. The van der Waals surface area contributed by atoms with Crippen molar-refractivity contribution in [1.82, 2.24) is 0 Å². The molecule has 6 nitrogen and oxygen atoms in total. The van der Waals surface area contributed by atoms with Crippen LogP contribution in [0.3, 0.4) is 0 Å². The van der Waals surface area contributed by atoms with Crippen LogP contribution >= 0.6 is 0 Å². The van der Waals surface area contributed by atoms with Crippen LogP contribution in [0.25, 0.3) is 22.1 Å². The Bertz CT molecular complexity index is 1020. The molecule has 0 unspecified atom stereocenters. The van der Waals surface area contributed by atoms with Gasteiger partial charge in [0.05, 0.1) is 12.7 Å². The smallest absolute Gasteiger partial charge is 0.344 e. The summed E-state index contributed by atoms with van der Waals surface area (Å²) in [4.78, 5) is 23.8. The van der Waals surface area contributed by atoms with Crippen molar-refractivity contribution in [2.45, 2.75) is 0 Å². The Balaban J connectivity index is 1.83. The van der Waals surface area contributed by atoms with Crippen LogP contribution in [0.4, 0.5) is 0 Å². The van der Waals surface area contributed by atoms with E-state index in [1.165, 1.54) is 6.08 Å². The molecule has 0 saturated carbocycles. The number of esters is 1. The number of carbonyl (C=O) groups is 1. The zero-order valence-electron chi connectivity index (χ0n) is 14.8. The highest BCUT2D eigenvalue weighted by molar-refractivity contribution is 5.83. The topological polar surface area (TPSA) is 75.0 Å². The predicted octanol–water partition coefficient (Wildman–Crippen LogP) is 3.58. The lowest BCUT2D eigenvalue weighted by atomic mass is 10.1. The second-order valence-electron chi connectivity index (χ2n) is 5.64. The lowest BCUT2D eigenvalue weighted by molar-refractivity contribution is -0.144. The maximum absolute atomic E-state index is 12.4. The van der Waals surface area contributed by atoms with Crippen LogP contribution < -0.4 is 15.1 Å². The quantitative estimate of drug-likeness (QED) is 0.361. The van der Waals surface area contributed by atoms with E-state index in [-0.39, 0.29) is 13.2 Å². The average molecular weight is 366 g/mol. The first-order valence-electron chi connectivity index (χ1n) is 8.22. The Morgan fingerprint density at radius 1 is 1.11 bits per heavy atom. The Hall–Kier alpha value is -3.54. The molecule has 0 amide bonds. The number of methoxy groups -OCH3 is 1. The molecule has 27 heavy (non-hydrogen) atoms. The Kier molecular flexibility index (Phi) is 5.56. The van der Waals surface area contributed by atoms with Crippen LogP contribution in [0, 0.1) is 0 Å². The van der Waals surface area contributed by atoms with E-state index in [9.17, 15) is 9.59 Å². The van der Waals surface area contributed by atoms with Crippen LogP contribution in [0.15, 0.2) is 70.4 Å². The molecular formula is C21H18O6. The van der Waals surface area contributed by atoms with Gasteiger partial charge in [-0.25, -0.2) is 9.59 Å². The van der Waals surface area contributed by atoms with Crippen molar-refractivity contribution in [2.75, 3.05) is 20.3 Å². The van der Waals surface area contributed by atoms with Gasteiger partial charge in [-0.2, -0.15) is 0 Å². The Morgan fingerprint density at radius 2 is 1.85 bits per heavy atom. The van der Waals surface area contributed by atoms with E-state index in [1.54, 1.807) is 55.6 Å². The zero-order chi connectivity index (χ0) is 19.2. The maximum Gasteiger partial charge on any atom is 0.344 e. The van der Waals surface area contributed by atoms with Crippen LogP contribution in [0.2, 0.25) is 0 Å². The summed E-state index contributed by atoms with van der Waals surface area (Å²) < 4.78 is 20.8. The molecule has 0 atom stereocenters. The van der Waals surface area contributed by atoms with Crippen molar-refractivity contribution in [1.29, 1.82) is 0 Å². The van der Waals surface area contributed by atoms with Gasteiger partial charge in [-0.1, -0.05) is 24.8 Å². The molecular weight excluding hydrogens is 348 g/mol. The van der Waals surface area contributed by atoms with Gasteiger partial charge in [0, 0.05) is 11.5 Å². The third kappa shape index (κ3) is 4.36. The lowest BCUT2D eigenvalue weighted by Gasteiger charge is -2.07. The molecule has 0 fully saturated rings. The average Bonchev–Trinajstić information content (AvgIpc) is 2.70. The molecule has 1 heterocycles. The minimum atomic E-state index is -0.508. The van der Waals surface area contributed by atoms with Gasteiger partial charge in [-0.15, -0.1) is 0 Å². The van der Waals surface area contributed by atoms with Gasteiger partial charge >= 0.3 is 11.6 Å². The van der Waals surface area contributed by atoms with Gasteiger partial charge in [0.2, 0.25) is 0 Å². The largest absolute Gasteiger partial charge is 0.497 e.